The number of nitrogens with one attached hydrogen (secondary N) is 1. The van der Waals surface area contributed by atoms with Gasteiger partial charge in [-0.25, -0.2) is 4.98 Å². The van der Waals surface area contributed by atoms with Crippen LogP contribution in [0.15, 0.2) is 25.4 Å². The summed E-state index contributed by atoms with van der Waals surface area (Å²) in [6, 6.07) is 0. The highest BCUT2D eigenvalue weighted by molar-refractivity contribution is 5.39. The van der Waals surface area contributed by atoms with Crippen molar-refractivity contribution in [1.82, 2.24) is 9.97 Å². The van der Waals surface area contributed by atoms with Crippen molar-refractivity contribution < 1.29 is 0 Å². The monoisotopic (exact) mass is 134 g/mol. The molecule has 2 nitrogen and oxygen atoms in total. The third-order valence-corrected chi connectivity index (χ3v) is 1.20. The molecule has 0 aliphatic carbocycles. The summed E-state index contributed by atoms with van der Waals surface area (Å²) in [5.74, 6) is 0.935. The maximum absolute atomic E-state index is 4.17. The van der Waals surface area contributed by atoms with Crippen molar-refractivity contribution in [3.8, 4) is 0 Å². The van der Waals surface area contributed by atoms with Gasteiger partial charge in [0, 0.05) is 12.6 Å². The molecule has 0 unspecified atom stereocenters. The minimum Gasteiger partial charge on any atom is -0.348 e. The molecule has 0 saturated carbocycles. The van der Waals surface area contributed by atoms with E-state index in [-0.39, 0.29) is 0 Å². The second kappa shape index (κ2) is 3.01. The molecule has 0 fully saturated rings. The van der Waals surface area contributed by atoms with Crippen molar-refractivity contribution in [3.63, 3.8) is 0 Å². The van der Waals surface area contributed by atoms with Crippen molar-refractivity contribution in [2.75, 3.05) is 0 Å². The van der Waals surface area contributed by atoms with Crippen LogP contribution in [-0.4, -0.2) is 9.97 Å². The second-order valence-corrected chi connectivity index (χ2v) is 1.97. The summed E-state index contributed by atoms with van der Waals surface area (Å²) in [7, 11) is 0. The van der Waals surface area contributed by atoms with Crippen LogP contribution in [0.2, 0.25) is 0 Å². The van der Waals surface area contributed by atoms with E-state index >= 15 is 0 Å². The standard InChI is InChI=1S/C8H10N2/c1-3-5-8-9-6-7(4-2)10-8/h3-4,6H,1-2,5H2,(H,9,10). The molecule has 52 valence electrons. The number of aromatic nitrogens is 2. The van der Waals surface area contributed by atoms with E-state index in [1.165, 1.54) is 0 Å². The summed E-state index contributed by atoms with van der Waals surface area (Å²) in [5.41, 5.74) is 0.886. The number of imidazole rings is 1. The largest absolute Gasteiger partial charge is 0.348 e. The molecule has 0 bridgehead atoms. The summed E-state index contributed by atoms with van der Waals surface area (Å²) in [6.07, 6.45) is 6.13. The van der Waals surface area contributed by atoms with Gasteiger partial charge < -0.3 is 4.98 Å². The number of nitrogens with zero attached hydrogens (tertiary/aromatic N) is 1. The minimum absolute atomic E-state index is 0.786. The molecule has 0 aliphatic heterocycles. The van der Waals surface area contributed by atoms with E-state index in [1.54, 1.807) is 6.08 Å². The predicted octanol–water partition coefficient (Wildman–Crippen LogP) is 1.78. The average molecular weight is 134 g/mol. The fourth-order valence-electron chi connectivity index (χ4n) is 0.723. The summed E-state index contributed by atoms with van der Waals surface area (Å²) >= 11 is 0. The first-order chi connectivity index (χ1) is 4.86. The van der Waals surface area contributed by atoms with Gasteiger partial charge in [-0.05, 0) is 6.08 Å². The van der Waals surface area contributed by atoms with Crippen LogP contribution < -0.4 is 0 Å². The van der Waals surface area contributed by atoms with Crippen LogP contribution in [0.1, 0.15) is 11.5 Å². The third-order valence-electron chi connectivity index (χ3n) is 1.20. The molecular formula is C8H10N2. The summed E-state index contributed by atoms with van der Waals surface area (Å²) in [6.45, 7) is 7.20. The van der Waals surface area contributed by atoms with Crippen molar-refractivity contribution in [2.45, 2.75) is 6.42 Å². The van der Waals surface area contributed by atoms with Crippen LogP contribution in [0.25, 0.3) is 6.08 Å². The first kappa shape index (κ1) is 6.81. The molecule has 0 atom stereocenters. The average Bonchev–Trinajstić information content (AvgIpc) is 2.37. The van der Waals surface area contributed by atoms with Crippen LogP contribution in [-0.2, 0) is 6.42 Å². The Morgan fingerprint density at radius 2 is 2.40 bits per heavy atom. The molecule has 0 radical (unpaired) electrons. The van der Waals surface area contributed by atoms with Crippen molar-refractivity contribution in [3.05, 3.63) is 36.9 Å². The fraction of sp³-hybridized carbons (Fsp3) is 0.125. The lowest BCUT2D eigenvalue weighted by molar-refractivity contribution is 1.06. The molecule has 0 spiro atoms. The lowest BCUT2D eigenvalue weighted by Crippen LogP contribution is -1.82. The maximum Gasteiger partial charge on any atom is 0.110 e. The van der Waals surface area contributed by atoms with Crippen LogP contribution >= 0.6 is 0 Å². The summed E-state index contributed by atoms with van der Waals surface area (Å²) < 4.78 is 0. The maximum atomic E-state index is 4.17. The zero-order chi connectivity index (χ0) is 7.40. The van der Waals surface area contributed by atoms with Crippen LogP contribution in [0, 0.1) is 0 Å². The molecule has 10 heavy (non-hydrogen) atoms. The first-order valence-corrected chi connectivity index (χ1v) is 3.14. The van der Waals surface area contributed by atoms with E-state index in [0.717, 1.165) is 17.9 Å². The highest BCUT2D eigenvalue weighted by Crippen LogP contribution is 1.98. The normalized spacial score (nSPS) is 9.20. The van der Waals surface area contributed by atoms with Gasteiger partial charge >= 0.3 is 0 Å². The van der Waals surface area contributed by atoms with Gasteiger partial charge in [0.05, 0.1) is 5.69 Å². The van der Waals surface area contributed by atoms with E-state index in [0.29, 0.717) is 0 Å². The van der Waals surface area contributed by atoms with Crippen LogP contribution in [0.4, 0.5) is 0 Å². The number of hydrogen-bond donors (Lipinski definition) is 1. The van der Waals surface area contributed by atoms with Crippen molar-refractivity contribution >= 4 is 6.08 Å². The Bertz CT molecular complexity index is 235. The van der Waals surface area contributed by atoms with Crippen molar-refractivity contribution in [1.29, 1.82) is 0 Å². The van der Waals surface area contributed by atoms with Gasteiger partial charge in [0.1, 0.15) is 5.82 Å². The SMILES string of the molecule is C=CCc1nc(C=C)c[nH]1. The number of hydrogen-bond acceptors (Lipinski definition) is 1. The van der Waals surface area contributed by atoms with Gasteiger partial charge in [-0.15, -0.1) is 6.58 Å². The fourth-order valence-corrected chi connectivity index (χ4v) is 0.723. The van der Waals surface area contributed by atoms with Gasteiger partial charge in [0.25, 0.3) is 0 Å². The quantitative estimate of drug-likeness (QED) is 0.627. The predicted molar refractivity (Wildman–Crippen MR) is 42.6 cm³/mol. The van der Waals surface area contributed by atoms with Crippen LogP contribution in [0.5, 0.6) is 0 Å². The molecule has 1 heterocycles. The molecule has 1 rings (SSSR count). The summed E-state index contributed by atoms with van der Waals surface area (Å²) in [4.78, 5) is 7.18. The number of H-pyrrole nitrogens is 1. The van der Waals surface area contributed by atoms with E-state index in [2.05, 4.69) is 23.1 Å². The Labute approximate surface area is 60.3 Å². The highest BCUT2D eigenvalue weighted by atomic mass is 14.9. The molecule has 0 aliphatic rings. The Morgan fingerprint density at radius 1 is 1.60 bits per heavy atom. The van der Waals surface area contributed by atoms with Gasteiger partial charge in [0.2, 0.25) is 0 Å². The number of rotatable bonds is 3. The second-order valence-electron chi connectivity index (χ2n) is 1.97. The third kappa shape index (κ3) is 1.35. The number of allylic oxidation sites excluding steroid dienone is 1. The molecule has 1 N–H and O–H groups in total. The van der Waals surface area contributed by atoms with E-state index in [1.807, 2.05) is 12.3 Å². The molecular weight excluding hydrogens is 124 g/mol. The van der Waals surface area contributed by atoms with E-state index in [9.17, 15) is 0 Å². The Kier molecular flexibility index (Phi) is 2.05. The van der Waals surface area contributed by atoms with Crippen LogP contribution in [0.3, 0.4) is 0 Å². The highest BCUT2D eigenvalue weighted by Gasteiger charge is 1.93. The lowest BCUT2D eigenvalue weighted by Gasteiger charge is -1.83. The molecule has 2 heteroatoms. The van der Waals surface area contributed by atoms with Crippen molar-refractivity contribution in [2.24, 2.45) is 0 Å². The van der Waals surface area contributed by atoms with Gasteiger partial charge in [-0.1, -0.05) is 12.7 Å². The molecule has 0 aromatic carbocycles. The summed E-state index contributed by atoms with van der Waals surface area (Å²) in [5, 5.41) is 0. The van der Waals surface area contributed by atoms with Gasteiger partial charge in [-0.2, -0.15) is 0 Å². The van der Waals surface area contributed by atoms with E-state index in [4.69, 9.17) is 0 Å². The number of aromatic amines is 1. The zero-order valence-electron chi connectivity index (χ0n) is 5.80. The smallest absolute Gasteiger partial charge is 0.110 e. The topological polar surface area (TPSA) is 28.7 Å². The first-order valence-electron chi connectivity index (χ1n) is 3.14. The molecule has 0 saturated heterocycles. The lowest BCUT2D eigenvalue weighted by atomic mass is 10.4. The van der Waals surface area contributed by atoms with Gasteiger partial charge in [-0.3, -0.25) is 0 Å². The van der Waals surface area contributed by atoms with Gasteiger partial charge in [0.15, 0.2) is 0 Å². The molecule has 1 aromatic rings. The Morgan fingerprint density at radius 3 is 2.90 bits per heavy atom. The zero-order valence-corrected chi connectivity index (χ0v) is 5.80. The minimum atomic E-state index is 0.786. The Balaban J connectivity index is 2.77. The molecule has 0 amide bonds. The van der Waals surface area contributed by atoms with E-state index < -0.39 is 0 Å². The molecule has 1 aromatic heterocycles. The Hall–Kier alpha value is -1.31.